The van der Waals surface area contributed by atoms with Crippen molar-refractivity contribution in [2.75, 3.05) is 6.54 Å². The van der Waals surface area contributed by atoms with Gasteiger partial charge in [-0.05, 0) is 37.0 Å². The van der Waals surface area contributed by atoms with Gasteiger partial charge in [-0.1, -0.05) is 26.0 Å². The van der Waals surface area contributed by atoms with Crippen molar-refractivity contribution in [1.29, 1.82) is 0 Å². The topological polar surface area (TPSA) is 95.5 Å². The Balaban J connectivity index is 2.53. The van der Waals surface area contributed by atoms with Gasteiger partial charge in [0, 0.05) is 0 Å². The van der Waals surface area contributed by atoms with Gasteiger partial charge in [0.25, 0.3) is 0 Å². The van der Waals surface area contributed by atoms with Gasteiger partial charge >= 0.3 is 5.97 Å². The second-order valence-corrected chi connectivity index (χ2v) is 6.08. The molecule has 0 saturated heterocycles. The number of aliphatic carboxylic acids is 1. The third-order valence-electron chi connectivity index (χ3n) is 3.51. The Bertz CT molecular complexity index is 604. The van der Waals surface area contributed by atoms with E-state index in [1.54, 1.807) is 13.0 Å². The molecule has 7 heteroatoms. The molecule has 1 aromatic carbocycles. The number of carboxylic acid groups (broad SMARTS) is 1. The average Bonchev–Trinajstić information content (AvgIpc) is 2.50. The first-order valence-corrected chi connectivity index (χ1v) is 7.76. The molecule has 2 atom stereocenters. The lowest BCUT2D eigenvalue weighted by Gasteiger charge is -2.17. The van der Waals surface area contributed by atoms with Crippen LogP contribution in [0, 0.1) is 11.7 Å². The third-order valence-corrected chi connectivity index (χ3v) is 3.51. The van der Waals surface area contributed by atoms with E-state index in [0.29, 0.717) is 12.0 Å². The number of amides is 2. The van der Waals surface area contributed by atoms with Crippen molar-refractivity contribution in [2.24, 2.45) is 5.92 Å². The molecule has 1 unspecified atom stereocenters. The molecule has 0 aliphatic carbocycles. The molecule has 6 nitrogen and oxygen atoms in total. The van der Waals surface area contributed by atoms with Gasteiger partial charge in [0.1, 0.15) is 11.9 Å². The van der Waals surface area contributed by atoms with Crippen LogP contribution in [0.3, 0.4) is 0 Å². The van der Waals surface area contributed by atoms with Crippen LogP contribution < -0.4 is 10.6 Å². The molecule has 1 rings (SSSR count). The first-order valence-electron chi connectivity index (χ1n) is 7.76. The molecule has 0 bridgehead atoms. The molecule has 132 valence electrons. The molecule has 0 radical (unpaired) electrons. The zero-order valence-corrected chi connectivity index (χ0v) is 14.0. The van der Waals surface area contributed by atoms with Gasteiger partial charge in [0.05, 0.1) is 12.5 Å². The van der Waals surface area contributed by atoms with Crippen molar-refractivity contribution in [2.45, 2.75) is 39.2 Å². The summed E-state index contributed by atoms with van der Waals surface area (Å²) in [5.74, 6) is -3.10. The summed E-state index contributed by atoms with van der Waals surface area (Å²) >= 11 is 0. The summed E-state index contributed by atoms with van der Waals surface area (Å²) in [7, 11) is 0. The van der Waals surface area contributed by atoms with E-state index in [-0.39, 0.29) is 12.5 Å². The zero-order valence-electron chi connectivity index (χ0n) is 14.0. The van der Waals surface area contributed by atoms with Crippen molar-refractivity contribution >= 4 is 17.8 Å². The monoisotopic (exact) mass is 338 g/mol. The van der Waals surface area contributed by atoms with Crippen molar-refractivity contribution in [3.05, 3.63) is 35.6 Å². The van der Waals surface area contributed by atoms with Crippen LogP contribution in [0.25, 0.3) is 0 Å². The maximum Gasteiger partial charge on any atom is 0.326 e. The first kappa shape index (κ1) is 19.6. The van der Waals surface area contributed by atoms with E-state index < -0.39 is 35.6 Å². The Morgan fingerprint density at radius 2 is 1.88 bits per heavy atom. The lowest BCUT2D eigenvalue weighted by Crippen LogP contribution is -2.46. The fourth-order valence-corrected chi connectivity index (χ4v) is 2.19. The molecule has 2 amide bonds. The van der Waals surface area contributed by atoms with Crippen LogP contribution in [0.2, 0.25) is 0 Å². The van der Waals surface area contributed by atoms with Crippen molar-refractivity contribution < 1.29 is 23.9 Å². The predicted molar refractivity (Wildman–Crippen MR) is 86.8 cm³/mol. The average molecular weight is 338 g/mol. The maximum atomic E-state index is 13.2. The second kappa shape index (κ2) is 9.00. The smallest absolute Gasteiger partial charge is 0.326 e. The van der Waals surface area contributed by atoms with E-state index in [2.05, 4.69) is 10.6 Å². The Labute approximate surface area is 140 Å². The normalized spacial score (nSPS) is 13.2. The van der Waals surface area contributed by atoms with Crippen molar-refractivity contribution in [3.63, 3.8) is 0 Å². The van der Waals surface area contributed by atoms with Crippen LogP contribution in [-0.2, 0) is 14.4 Å². The molecule has 0 fully saturated rings. The lowest BCUT2D eigenvalue weighted by atomic mass is 10.0. The zero-order chi connectivity index (χ0) is 18.3. The molecule has 24 heavy (non-hydrogen) atoms. The molecule has 0 aromatic heterocycles. The molecule has 0 spiro atoms. The molecule has 0 saturated carbocycles. The van der Waals surface area contributed by atoms with Gasteiger partial charge in [0.15, 0.2) is 0 Å². The van der Waals surface area contributed by atoms with Crippen LogP contribution in [0.4, 0.5) is 4.39 Å². The van der Waals surface area contributed by atoms with Gasteiger partial charge < -0.3 is 15.7 Å². The van der Waals surface area contributed by atoms with Crippen LogP contribution >= 0.6 is 0 Å². The number of nitrogens with one attached hydrogen (secondary N) is 2. The van der Waals surface area contributed by atoms with E-state index in [4.69, 9.17) is 5.11 Å². The van der Waals surface area contributed by atoms with Crippen LogP contribution in [0.1, 0.15) is 38.7 Å². The summed E-state index contributed by atoms with van der Waals surface area (Å²) in [4.78, 5) is 34.9. The summed E-state index contributed by atoms with van der Waals surface area (Å²) in [6.07, 6.45) is 0.300. The van der Waals surface area contributed by atoms with Crippen molar-refractivity contribution in [1.82, 2.24) is 10.6 Å². The standard InChI is InChI=1S/C17H23FN2O4/c1-10(2)7-14(17(23)24)20-15(21)9-19-16(22)11(3)12-5-4-6-13(18)8-12/h4-6,8,10-11,14H,7,9H2,1-3H3,(H,19,22)(H,20,21)(H,23,24)/t11?,14-/m0/s1. The highest BCUT2D eigenvalue weighted by atomic mass is 19.1. The number of carboxylic acids is 1. The first-order chi connectivity index (χ1) is 11.2. The number of hydrogen-bond acceptors (Lipinski definition) is 3. The Hall–Kier alpha value is -2.44. The number of rotatable bonds is 8. The molecule has 0 heterocycles. The largest absolute Gasteiger partial charge is 0.480 e. The predicted octanol–water partition coefficient (Wildman–Crippen LogP) is 1.66. The Morgan fingerprint density at radius 1 is 1.21 bits per heavy atom. The summed E-state index contributed by atoms with van der Waals surface area (Å²) in [6, 6.07) is 4.67. The SMILES string of the molecule is CC(C)C[C@H](NC(=O)CNC(=O)C(C)c1cccc(F)c1)C(=O)O. The Kier molecular flexibility index (Phi) is 7.35. The third kappa shape index (κ3) is 6.36. The summed E-state index contributed by atoms with van der Waals surface area (Å²) < 4.78 is 13.2. The van der Waals surface area contributed by atoms with Crippen LogP contribution in [-0.4, -0.2) is 35.5 Å². The van der Waals surface area contributed by atoms with Gasteiger partial charge in [-0.15, -0.1) is 0 Å². The molecule has 3 N–H and O–H groups in total. The number of halogens is 1. The van der Waals surface area contributed by atoms with E-state index in [1.165, 1.54) is 18.2 Å². The number of hydrogen-bond donors (Lipinski definition) is 3. The minimum absolute atomic E-state index is 0.106. The quantitative estimate of drug-likeness (QED) is 0.672. The van der Waals surface area contributed by atoms with Gasteiger partial charge in [-0.2, -0.15) is 0 Å². The van der Waals surface area contributed by atoms with Crippen molar-refractivity contribution in [3.8, 4) is 0 Å². The van der Waals surface area contributed by atoms with E-state index in [1.807, 2.05) is 13.8 Å². The van der Waals surface area contributed by atoms with Gasteiger partial charge in [0.2, 0.25) is 11.8 Å². The fraction of sp³-hybridized carbons (Fsp3) is 0.471. The highest BCUT2D eigenvalue weighted by Gasteiger charge is 2.22. The highest BCUT2D eigenvalue weighted by Crippen LogP contribution is 2.16. The minimum atomic E-state index is -1.11. The second-order valence-electron chi connectivity index (χ2n) is 6.08. The van der Waals surface area contributed by atoms with E-state index >= 15 is 0 Å². The van der Waals surface area contributed by atoms with Gasteiger partial charge in [-0.25, -0.2) is 9.18 Å². The van der Waals surface area contributed by atoms with Crippen LogP contribution in [0.15, 0.2) is 24.3 Å². The Morgan fingerprint density at radius 3 is 2.42 bits per heavy atom. The number of carbonyl (C=O) groups is 3. The molecular formula is C17H23FN2O4. The summed E-state index contributed by atoms with van der Waals surface area (Å²) in [6.45, 7) is 4.97. The molecule has 1 aromatic rings. The van der Waals surface area contributed by atoms with E-state index in [9.17, 15) is 18.8 Å². The molecule has 0 aliphatic heterocycles. The van der Waals surface area contributed by atoms with Gasteiger partial charge in [-0.3, -0.25) is 9.59 Å². The minimum Gasteiger partial charge on any atom is -0.480 e. The van der Waals surface area contributed by atoms with Crippen LogP contribution in [0.5, 0.6) is 0 Å². The summed E-state index contributed by atoms with van der Waals surface area (Å²) in [5.41, 5.74) is 0.496. The summed E-state index contributed by atoms with van der Waals surface area (Å²) in [5, 5.41) is 13.9. The number of carbonyl (C=O) groups excluding carboxylic acids is 2. The fourth-order valence-electron chi connectivity index (χ4n) is 2.19. The maximum absolute atomic E-state index is 13.2. The molecule has 0 aliphatic rings. The highest BCUT2D eigenvalue weighted by molar-refractivity contribution is 5.90. The molecular weight excluding hydrogens is 315 g/mol. The number of benzene rings is 1. The van der Waals surface area contributed by atoms with E-state index in [0.717, 1.165) is 0 Å². The lowest BCUT2D eigenvalue weighted by molar-refractivity contribution is -0.142.